The topological polar surface area (TPSA) is 3.01 Å². The molecule has 1 heterocycles. The third kappa shape index (κ3) is 3.06. The molecule has 0 radical (unpaired) electrons. The van der Waals surface area contributed by atoms with Gasteiger partial charge in [-0.3, -0.25) is 0 Å². The van der Waals surface area contributed by atoms with Crippen molar-refractivity contribution in [2.45, 2.75) is 58.4 Å². The van der Waals surface area contributed by atoms with E-state index in [-0.39, 0.29) is 0 Å². The SMILES string of the molecule is CCCC/C=C1\C(CCCC)N1C. The number of unbranched alkanes of at least 4 members (excludes halogenated alkanes) is 3. The second kappa shape index (κ2) is 5.31. The fourth-order valence-electron chi connectivity index (χ4n) is 1.84. The van der Waals surface area contributed by atoms with Gasteiger partial charge in [0.15, 0.2) is 0 Å². The molecule has 0 aliphatic carbocycles. The van der Waals surface area contributed by atoms with Crippen molar-refractivity contribution in [3.05, 3.63) is 11.8 Å². The average molecular weight is 181 g/mol. The van der Waals surface area contributed by atoms with E-state index >= 15 is 0 Å². The summed E-state index contributed by atoms with van der Waals surface area (Å²) >= 11 is 0. The summed E-state index contributed by atoms with van der Waals surface area (Å²) in [7, 11) is 2.22. The van der Waals surface area contributed by atoms with Crippen molar-refractivity contribution in [3.63, 3.8) is 0 Å². The van der Waals surface area contributed by atoms with E-state index < -0.39 is 0 Å². The number of allylic oxidation sites excluding steroid dienone is 1. The maximum Gasteiger partial charge on any atom is 0.0681 e. The Labute approximate surface area is 82.8 Å². The molecule has 76 valence electrons. The third-order valence-electron chi connectivity index (χ3n) is 2.89. The first-order chi connectivity index (χ1) is 6.31. The van der Waals surface area contributed by atoms with Gasteiger partial charge in [-0.25, -0.2) is 0 Å². The van der Waals surface area contributed by atoms with Gasteiger partial charge in [-0.1, -0.05) is 45.6 Å². The van der Waals surface area contributed by atoms with Crippen LogP contribution < -0.4 is 0 Å². The first kappa shape index (κ1) is 10.6. The Hall–Kier alpha value is -0.460. The van der Waals surface area contributed by atoms with Crippen molar-refractivity contribution in [3.8, 4) is 0 Å². The molecule has 0 aromatic heterocycles. The molecule has 1 unspecified atom stereocenters. The van der Waals surface area contributed by atoms with E-state index in [0.717, 1.165) is 6.04 Å². The van der Waals surface area contributed by atoms with E-state index in [1.807, 2.05) is 0 Å². The standard InChI is InChI=1S/C12H23N/c1-4-6-8-10-12-11(13(12)3)9-7-5-2/h10-11H,4-9H2,1-3H3/b12-10+. The van der Waals surface area contributed by atoms with Crippen molar-refractivity contribution >= 4 is 0 Å². The fraction of sp³-hybridized carbons (Fsp3) is 0.833. The molecule has 1 fully saturated rings. The molecule has 0 aromatic rings. The first-order valence-electron chi connectivity index (χ1n) is 5.74. The molecule has 0 aromatic carbocycles. The molecule has 0 bridgehead atoms. The molecular weight excluding hydrogens is 158 g/mol. The van der Waals surface area contributed by atoms with Crippen LogP contribution in [0.15, 0.2) is 11.8 Å². The molecule has 1 heteroatoms. The highest BCUT2D eigenvalue weighted by Crippen LogP contribution is 2.34. The van der Waals surface area contributed by atoms with E-state index in [2.05, 4.69) is 31.9 Å². The Bertz CT molecular complexity index is 172. The van der Waals surface area contributed by atoms with Gasteiger partial charge in [0.05, 0.1) is 6.04 Å². The molecule has 1 aliphatic rings. The van der Waals surface area contributed by atoms with Gasteiger partial charge in [0.2, 0.25) is 0 Å². The Kier molecular flexibility index (Phi) is 4.34. The van der Waals surface area contributed by atoms with Crippen molar-refractivity contribution in [1.82, 2.24) is 4.90 Å². The van der Waals surface area contributed by atoms with Crippen LogP contribution in [-0.2, 0) is 0 Å². The van der Waals surface area contributed by atoms with Crippen LogP contribution in [0.4, 0.5) is 0 Å². The van der Waals surface area contributed by atoms with E-state index in [9.17, 15) is 0 Å². The van der Waals surface area contributed by atoms with Gasteiger partial charge in [-0.15, -0.1) is 0 Å². The van der Waals surface area contributed by atoms with Gasteiger partial charge in [0.1, 0.15) is 0 Å². The summed E-state index contributed by atoms with van der Waals surface area (Å²) in [6.45, 7) is 4.52. The summed E-state index contributed by atoms with van der Waals surface area (Å²) in [5.74, 6) is 0. The zero-order valence-corrected chi connectivity index (χ0v) is 9.34. The third-order valence-corrected chi connectivity index (χ3v) is 2.89. The highest BCUT2D eigenvalue weighted by molar-refractivity contribution is 5.25. The van der Waals surface area contributed by atoms with Crippen LogP contribution in [-0.4, -0.2) is 18.0 Å². The van der Waals surface area contributed by atoms with Crippen LogP contribution in [0.2, 0.25) is 0 Å². The molecule has 0 saturated carbocycles. The highest BCUT2D eigenvalue weighted by atomic mass is 15.3. The second-order valence-corrected chi connectivity index (χ2v) is 4.04. The molecule has 1 atom stereocenters. The lowest BCUT2D eigenvalue weighted by molar-refractivity contribution is 0.570. The summed E-state index contributed by atoms with van der Waals surface area (Å²) in [4.78, 5) is 2.42. The number of rotatable bonds is 6. The van der Waals surface area contributed by atoms with Crippen LogP contribution in [0.25, 0.3) is 0 Å². The molecule has 1 saturated heterocycles. The van der Waals surface area contributed by atoms with Gasteiger partial charge < -0.3 is 4.90 Å². The lowest BCUT2D eigenvalue weighted by Crippen LogP contribution is -1.92. The monoisotopic (exact) mass is 181 g/mol. The second-order valence-electron chi connectivity index (χ2n) is 4.04. The van der Waals surface area contributed by atoms with Gasteiger partial charge >= 0.3 is 0 Å². The maximum atomic E-state index is 2.43. The molecular formula is C12H23N. The van der Waals surface area contributed by atoms with Crippen LogP contribution in [0, 0.1) is 0 Å². The van der Waals surface area contributed by atoms with Gasteiger partial charge in [0, 0.05) is 12.7 Å². The van der Waals surface area contributed by atoms with Crippen LogP contribution in [0.5, 0.6) is 0 Å². The molecule has 0 amide bonds. The van der Waals surface area contributed by atoms with Gasteiger partial charge in [-0.05, 0) is 12.8 Å². The van der Waals surface area contributed by atoms with Crippen LogP contribution in [0.1, 0.15) is 52.4 Å². The molecule has 13 heavy (non-hydrogen) atoms. The fourth-order valence-corrected chi connectivity index (χ4v) is 1.84. The number of hydrogen-bond acceptors (Lipinski definition) is 1. The number of nitrogens with zero attached hydrogens (tertiary/aromatic N) is 1. The Balaban J connectivity index is 2.18. The molecule has 1 rings (SSSR count). The summed E-state index contributed by atoms with van der Waals surface area (Å²) in [5.41, 5.74) is 1.60. The van der Waals surface area contributed by atoms with Crippen LogP contribution >= 0.6 is 0 Å². The molecule has 0 N–H and O–H groups in total. The summed E-state index contributed by atoms with van der Waals surface area (Å²) in [6.07, 6.45) is 10.4. The predicted molar refractivity (Wildman–Crippen MR) is 58.7 cm³/mol. The van der Waals surface area contributed by atoms with E-state index in [1.165, 1.54) is 38.5 Å². The number of likely N-dealkylation sites (N-methyl/N-ethyl adjacent to an activating group) is 1. The number of hydrogen-bond donors (Lipinski definition) is 0. The Morgan fingerprint density at radius 1 is 1.23 bits per heavy atom. The zero-order valence-electron chi connectivity index (χ0n) is 9.34. The largest absolute Gasteiger partial charge is 0.368 e. The normalized spacial score (nSPS) is 24.1. The highest BCUT2D eigenvalue weighted by Gasteiger charge is 2.35. The van der Waals surface area contributed by atoms with Crippen molar-refractivity contribution in [1.29, 1.82) is 0 Å². The maximum absolute atomic E-state index is 2.43. The minimum Gasteiger partial charge on any atom is -0.368 e. The smallest absolute Gasteiger partial charge is 0.0681 e. The van der Waals surface area contributed by atoms with E-state index in [0.29, 0.717) is 0 Å². The summed E-state index contributed by atoms with van der Waals surface area (Å²) in [6, 6.07) is 0.803. The lowest BCUT2D eigenvalue weighted by atomic mass is 10.2. The Morgan fingerprint density at radius 3 is 2.54 bits per heavy atom. The summed E-state index contributed by atoms with van der Waals surface area (Å²) in [5, 5.41) is 0. The molecule has 1 nitrogen and oxygen atoms in total. The van der Waals surface area contributed by atoms with Crippen molar-refractivity contribution in [2.75, 3.05) is 7.05 Å². The van der Waals surface area contributed by atoms with Gasteiger partial charge in [-0.2, -0.15) is 0 Å². The average Bonchev–Trinajstić information content (AvgIpc) is 2.74. The minimum atomic E-state index is 0.803. The lowest BCUT2D eigenvalue weighted by Gasteiger charge is -1.92. The quantitative estimate of drug-likeness (QED) is 0.447. The van der Waals surface area contributed by atoms with Crippen LogP contribution in [0.3, 0.4) is 0 Å². The summed E-state index contributed by atoms with van der Waals surface area (Å²) < 4.78 is 0. The predicted octanol–water partition coefficient (Wildman–Crippen LogP) is 3.56. The minimum absolute atomic E-state index is 0.803. The molecule has 1 aliphatic heterocycles. The first-order valence-corrected chi connectivity index (χ1v) is 5.74. The van der Waals surface area contributed by atoms with Gasteiger partial charge in [0.25, 0.3) is 0 Å². The van der Waals surface area contributed by atoms with E-state index in [4.69, 9.17) is 0 Å². The van der Waals surface area contributed by atoms with E-state index in [1.54, 1.807) is 5.70 Å². The van der Waals surface area contributed by atoms with Crippen molar-refractivity contribution < 1.29 is 0 Å². The Morgan fingerprint density at radius 2 is 1.92 bits per heavy atom. The van der Waals surface area contributed by atoms with Crippen molar-refractivity contribution in [2.24, 2.45) is 0 Å². The molecule has 0 spiro atoms. The zero-order chi connectivity index (χ0) is 9.68.